The van der Waals surface area contributed by atoms with Crippen LogP contribution >= 0.6 is 0 Å². The Bertz CT molecular complexity index is 656. The maximum atomic E-state index is 10.2. The van der Waals surface area contributed by atoms with Crippen LogP contribution in [0.15, 0.2) is 65.3 Å². The lowest BCUT2D eigenvalue weighted by Gasteiger charge is -2.11. The lowest BCUT2D eigenvalue weighted by molar-refractivity contribution is 0.165. The zero-order valence-electron chi connectivity index (χ0n) is 10.6. The van der Waals surface area contributed by atoms with Gasteiger partial charge >= 0.3 is 0 Å². The first kappa shape index (κ1) is 12.0. The van der Waals surface area contributed by atoms with Crippen molar-refractivity contribution in [3.8, 4) is 0 Å². The van der Waals surface area contributed by atoms with Gasteiger partial charge in [-0.1, -0.05) is 36.4 Å². The van der Waals surface area contributed by atoms with Gasteiger partial charge in [-0.15, -0.1) is 0 Å². The third-order valence-electron chi connectivity index (χ3n) is 3.40. The number of aliphatic hydroxyl groups excluding tert-OH is 1. The lowest BCUT2D eigenvalue weighted by atomic mass is 10.0. The van der Waals surface area contributed by atoms with Crippen LogP contribution in [0.2, 0.25) is 0 Å². The number of aliphatic hydroxyl groups is 1. The van der Waals surface area contributed by atoms with E-state index in [2.05, 4.69) is 24.3 Å². The van der Waals surface area contributed by atoms with Gasteiger partial charge in [0.1, 0.15) is 5.76 Å². The first-order valence-electron chi connectivity index (χ1n) is 6.52. The molecule has 0 saturated heterocycles. The molecule has 1 unspecified atom stereocenters. The number of aryl methyl sites for hydroxylation is 1. The molecule has 2 nitrogen and oxygen atoms in total. The van der Waals surface area contributed by atoms with E-state index in [1.54, 1.807) is 6.26 Å². The molecule has 1 heterocycles. The average molecular weight is 252 g/mol. The molecule has 2 heteroatoms. The lowest BCUT2D eigenvalue weighted by Crippen LogP contribution is -1.99. The Morgan fingerprint density at radius 1 is 0.947 bits per heavy atom. The highest BCUT2D eigenvalue weighted by molar-refractivity contribution is 5.83. The van der Waals surface area contributed by atoms with E-state index in [0.717, 1.165) is 23.1 Å². The number of benzene rings is 2. The molecular formula is C17H16O2. The average Bonchev–Trinajstić information content (AvgIpc) is 2.97. The predicted octanol–water partition coefficient (Wildman–Crippen LogP) is 4.10. The molecule has 3 aromatic rings. The van der Waals surface area contributed by atoms with Gasteiger partial charge in [0.15, 0.2) is 0 Å². The molecule has 0 saturated carbocycles. The Balaban J connectivity index is 1.75. The molecule has 96 valence electrons. The summed E-state index contributed by atoms with van der Waals surface area (Å²) in [6.45, 7) is 0. The highest BCUT2D eigenvalue weighted by atomic mass is 16.3. The molecule has 1 N–H and O–H groups in total. The molecule has 0 aliphatic rings. The van der Waals surface area contributed by atoms with Gasteiger partial charge in [-0.2, -0.15) is 0 Å². The van der Waals surface area contributed by atoms with E-state index in [1.165, 1.54) is 5.39 Å². The third-order valence-corrected chi connectivity index (χ3v) is 3.40. The fourth-order valence-corrected chi connectivity index (χ4v) is 2.32. The monoisotopic (exact) mass is 252 g/mol. The summed E-state index contributed by atoms with van der Waals surface area (Å²) in [5.74, 6) is 0.917. The van der Waals surface area contributed by atoms with Gasteiger partial charge < -0.3 is 9.52 Å². The van der Waals surface area contributed by atoms with Crippen molar-refractivity contribution in [3.05, 3.63) is 72.2 Å². The Labute approximate surface area is 112 Å². The minimum absolute atomic E-state index is 0.449. The van der Waals surface area contributed by atoms with Crippen molar-refractivity contribution in [1.82, 2.24) is 0 Å². The number of furan rings is 1. The zero-order chi connectivity index (χ0) is 13.1. The van der Waals surface area contributed by atoms with Gasteiger partial charge in [-0.3, -0.25) is 0 Å². The van der Waals surface area contributed by atoms with Crippen LogP contribution < -0.4 is 0 Å². The number of hydrogen-bond acceptors (Lipinski definition) is 2. The van der Waals surface area contributed by atoms with Gasteiger partial charge in [0.05, 0.1) is 12.4 Å². The molecule has 1 atom stereocenters. The molecule has 0 amide bonds. The fourth-order valence-electron chi connectivity index (χ4n) is 2.32. The summed E-state index contributed by atoms with van der Waals surface area (Å²) >= 11 is 0. The SMILES string of the molecule is OC(CCc1ccco1)c1ccc2ccccc2c1. The standard InChI is InChI=1S/C17H16O2/c18-17(10-9-16-6-3-11-19-16)15-8-7-13-4-1-2-5-14(13)12-15/h1-8,11-12,17-18H,9-10H2. The Kier molecular flexibility index (Phi) is 3.34. The van der Waals surface area contributed by atoms with Gasteiger partial charge in [0.25, 0.3) is 0 Å². The van der Waals surface area contributed by atoms with E-state index >= 15 is 0 Å². The van der Waals surface area contributed by atoms with E-state index in [4.69, 9.17) is 4.42 Å². The van der Waals surface area contributed by atoms with Crippen LogP contribution in [0.3, 0.4) is 0 Å². The molecule has 0 aliphatic carbocycles. The molecule has 0 fully saturated rings. The van der Waals surface area contributed by atoms with Crippen LogP contribution in [0.5, 0.6) is 0 Å². The summed E-state index contributed by atoms with van der Waals surface area (Å²) in [7, 11) is 0. The van der Waals surface area contributed by atoms with Crippen LogP contribution in [0, 0.1) is 0 Å². The Morgan fingerprint density at radius 3 is 2.58 bits per heavy atom. The van der Waals surface area contributed by atoms with E-state index in [0.29, 0.717) is 6.42 Å². The molecule has 0 radical (unpaired) electrons. The smallest absolute Gasteiger partial charge is 0.103 e. The molecule has 19 heavy (non-hydrogen) atoms. The summed E-state index contributed by atoms with van der Waals surface area (Å²) in [5.41, 5.74) is 0.963. The quantitative estimate of drug-likeness (QED) is 0.758. The largest absolute Gasteiger partial charge is 0.469 e. The van der Waals surface area contributed by atoms with Crippen molar-refractivity contribution in [2.24, 2.45) is 0 Å². The number of fused-ring (bicyclic) bond motifs is 1. The van der Waals surface area contributed by atoms with Gasteiger partial charge in [0.2, 0.25) is 0 Å². The summed E-state index contributed by atoms with van der Waals surface area (Å²) in [6.07, 6.45) is 2.64. The Hall–Kier alpha value is -2.06. The van der Waals surface area contributed by atoms with E-state index in [1.807, 2.05) is 30.3 Å². The van der Waals surface area contributed by atoms with Crippen LogP contribution in [-0.4, -0.2) is 5.11 Å². The number of hydrogen-bond donors (Lipinski definition) is 1. The molecule has 3 rings (SSSR count). The maximum Gasteiger partial charge on any atom is 0.103 e. The van der Waals surface area contributed by atoms with Gasteiger partial charge in [-0.25, -0.2) is 0 Å². The zero-order valence-corrected chi connectivity index (χ0v) is 10.6. The van der Waals surface area contributed by atoms with E-state index in [9.17, 15) is 5.11 Å². The van der Waals surface area contributed by atoms with Crippen LogP contribution in [0.1, 0.15) is 23.8 Å². The molecule has 1 aromatic heterocycles. The number of rotatable bonds is 4. The second-order valence-electron chi connectivity index (χ2n) is 4.74. The highest BCUT2D eigenvalue weighted by Crippen LogP contribution is 2.23. The van der Waals surface area contributed by atoms with Crippen molar-refractivity contribution in [2.75, 3.05) is 0 Å². The first-order chi connectivity index (χ1) is 9.33. The minimum Gasteiger partial charge on any atom is -0.469 e. The van der Waals surface area contributed by atoms with Crippen molar-refractivity contribution in [1.29, 1.82) is 0 Å². The molecule has 0 spiro atoms. The maximum absolute atomic E-state index is 10.2. The molecular weight excluding hydrogens is 236 g/mol. The fraction of sp³-hybridized carbons (Fsp3) is 0.176. The van der Waals surface area contributed by atoms with Gasteiger partial charge in [0, 0.05) is 6.42 Å². The first-order valence-corrected chi connectivity index (χ1v) is 6.52. The minimum atomic E-state index is -0.449. The van der Waals surface area contributed by atoms with Crippen molar-refractivity contribution >= 4 is 10.8 Å². The second-order valence-corrected chi connectivity index (χ2v) is 4.74. The normalized spacial score (nSPS) is 12.7. The van der Waals surface area contributed by atoms with Crippen molar-refractivity contribution < 1.29 is 9.52 Å². The van der Waals surface area contributed by atoms with Gasteiger partial charge in [-0.05, 0) is 41.0 Å². The predicted molar refractivity (Wildman–Crippen MR) is 75.9 cm³/mol. The topological polar surface area (TPSA) is 33.4 Å². The summed E-state index contributed by atoms with van der Waals surface area (Å²) < 4.78 is 5.28. The van der Waals surface area contributed by atoms with Crippen LogP contribution in [0.25, 0.3) is 10.8 Å². The van der Waals surface area contributed by atoms with Crippen LogP contribution in [0.4, 0.5) is 0 Å². The highest BCUT2D eigenvalue weighted by Gasteiger charge is 2.09. The summed E-state index contributed by atoms with van der Waals surface area (Å²) in [5, 5.41) is 12.6. The summed E-state index contributed by atoms with van der Waals surface area (Å²) in [4.78, 5) is 0. The van der Waals surface area contributed by atoms with E-state index in [-0.39, 0.29) is 0 Å². The van der Waals surface area contributed by atoms with Crippen molar-refractivity contribution in [2.45, 2.75) is 18.9 Å². The molecule has 0 aliphatic heterocycles. The Morgan fingerprint density at radius 2 is 1.79 bits per heavy atom. The van der Waals surface area contributed by atoms with E-state index < -0.39 is 6.10 Å². The second kappa shape index (κ2) is 5.29. The van der Waals surface area contributed by atoms with Crippen LogP contribution in [-0.2, 0) is 6.42 Å². The molecule has 0 bridgehead atoms. The molecule has 2 aromatic carbocycles. The van der Waals surface area contributed by atoms with Crippen molar-refractivity contribution in [3.63, 3.8) is 0 Å². The third kappa shape index (κ3) is 2.69. The summed E-state index contributed by atoms with van der Waals surface area (Å²) in [6, 6.07) is 18.1.